The Balaban J connectivity index is 3.29. The number of hydrogen-bond donors (Lipinski definition) is 1. The molecular weight excluding hydrogens is 296 g/mol. The summed E-state index contributed by atoms with van der Waals surface area (Å²) in [6.45, 7) is 6.39. The predicted molar refractivity (Wildman–Crippen MR) is 84.4 cm³/mol. The predicted octanol–water partition coefficient (Wildman–Crippen LogP) is 3.51. The highest BCUT2D eigenvalue weighted by atomic mass is 35.5. The van der Waals surface area contributed by atoms with E-state index in [1.165, 1.54) is 4.31 Å². The van der Waals surface area contributed by atoms with Gasteiger partial charge in [0.2, 0.25) is 10.0 Å². The first kappa shape index (κ1) is 17.3. The van der Waals surface area contributed by atoms with E-state index in [2.05, 4.69) is 0 Å². The van der Waals surface area contributed by atoms with Crippen LogP contribution in [0.2, 0.25) is 5.02 Å². The zero-order valence-electron chi connectivity index (χ0n) is 12.3. The molecule has 0 bridgehead atoms. The van der Waals surface area contributed by atoms with Gasteiger partial charge in [0.05, 0.1) is 10.7 Å². The Kier molecular flexibility index (Phi) is 6.30. The third-order valence-corrected chi connectivity index (χ3v) is 5.94. The number of hydrogen-bond acceptors (Lipinski definition) is 3. The molecule has 0 radical (unpaired) electrons. The summed E-state index contributed by atoms with van der Waals surface area (Å²) in [5, 5.41) is 0.176. The van der Waals surface area contributed by atoms with Gasteiger partial charge in [0.25, 0.3) is 0 Å². The van der Waals surface area contributed by atoms with E-state index in [1.807, 2.05) is 20.8 Å². The fourth-order valence-electron chi connectivity index (χ4n) is 2.01. The molecule has 1 aromatic carbocycles. The van der Waals surface area contributed by atoms with Gasteiger partial charge in [-0.1, -0.05) is 37.9 Å². The maximum atomic E-state index is 12.8. The van der Waals surface area contributed by atoms with Crippen molar-refractivity contribution in [2.24, 2.45) is 0 Å². The number of nitrogens with two attached hydrogens (primary N) is 1. The smallest absolute Gasteiger partial charge is 0.246 e. The van der Waals surface area contributed by atoms with Crippen LogP contribution >= 0.6 is 11.6 Å². The lowest BCUT2D eigenvalue weighted by molar-refractivity contribution is 0.324. The van der Waals surface area contributed by atoms with Gasteiger partial charge in [-0.05, 0) is 31.9 Å². The van der Waals surface area contributed by atoms with Gasteiger partial charge in [-0.3, -0.25) is 0 Å². The van der Waals surface area contributed by atoms with Crippen LogP contribution in [0.1, 0.15) is 40.0 Å². The zero-order valence-corrected chi connectivity index (χ0v) is 13.8. The SMILES string of the molecule is CCCCN(C(C)CC)S(=O)(=O)c1c(N)cccc1Cl. The van der Waals surface area contributed by atoms with Crippen molar-refractivity contribution in [3.8, 4) is 0 Å². The van der Waals surface area contributed by atoms with Crippen molar-refractivity contribution in [1.29, 1.82) is 0 Å². The number of nitrogens with zero attached hydrogens (tertiary/aromatic N) is 1. The average molecular weight is 319 g/mol. The Labute approximate surface area is 127 Å². The molecule has 1 aromatic rings. The van der Waals surface area contributed by atoms with Crippen molar-refractivity contribution in [3.05, 3.63) is 23.2 Å². The van der Waals surface area contributed by atoms with Crippen LogP contribution in [-0.2, 0) is 10.0 Å². The van der Waals surface area contributed by atoms with Gasteiger partial charge in [-0.2, -0.15) is 4.31 Å². The Morgan fingerprint density at radius 1 is 1.35 bits per heavy atom. The molecular formula is C14H23ClN2O2S. The van der Waals surface area contributed by atoms with Crippen LogP contribution < -0.4 is 5.73 Å². The molecule has 1 rings (SSSR count). The molecule has 6 heteroatoms. The van der Waals surface area contributed by atoms with E-state index in [9.17, 15) is 8.42 Å². The van der Waals surface area contributed by atoms with Gasteiger partial charge in [-0.15, -0.1) is 0 Å². The molecule has 0 aliphatic rings. The summed E-state index contributed by atoms with van der Waals surface area (Å²) in [7, 11) is -3.67. The van der Waals surface area contributed by atoms with Gasteiger partial charge in [0.1, 0.15) is 4.90 Å². The van der Waals surface area contributed by atoms with Gasteiger partial charge in [0, 0.05) is 12.6 Å². The molecule has 2 N–H and O–H groups in total. The van der Waals surface area contributed by atoms with Crippen LogP contribution in [0.4, 0.5) is 5.69 Å². The summed E-state index contributed by atoms with van der Waals surface area (Å²) in [5.41, 5.74) is 6.02. The summed E-state index contributed by atoms with van der Waals surface area (Å²) in [5.74, 6) is 0. The standard InChI is InChI=1S/C14H23ClN2O2S/c1-4-6-10-17(11(3)5-2)20(18,19)14-12(15)8-7-9-13(14)16/h7-9,11H,4-6,10,16H2,1-3H3. The van der Waals surface area contributed by atoms with E-state index in [4.69, 9.17) is 17.3 Å². The highest BCUT2D eigenvalue weighted by Gasteiger charge is 2.31. The number of sulfonamides is 1. The minimum atomic E-state index is -3.67. The maximum absolute atomic E-state index is 12.8. The highest BCUT2D eigenvalue weighted by molar-refractivity contribution is 7.89. The van der Waals surface area contributed by atoms with Crippen LogP contribution in [0, 0.1) is 0 Å². The number of benzene rings is 1. The fourth-order valence-corrected chi connectivity index (χ4v) is 4.39. The number of halogens is 1. The second-order valence-corrected chi connectivity index (χ2v) is 7.12. The molecule has 0 aliphatic carbocycles. The molecule has 4 nitrogen and oxygen atoms in total. The van der Waals surface area contributed by atoms with E-state index >= 15 is 0 Å². The average Bonchev–Trinajstić information content (AvgIpc) is 2.38. The highest BCUT2D eigenvalue weighted by Crippen LogP contribution is 2.31. The van der Waals surface area contributed by atoms with Crippen LogP contribution in [0.25, 0.3) is 0 Å². The second kappa shape index (κ2) is 7.29. The number of unbranched alkanes of at least 4 members (excludes halogenated alkanes) is 1. The zero-order chi connectivity index (χ0) is 15.3. The van der Waals surface area contributed by atoms with Crippen molar-refractivity contribution in [2.45, 2.75) is 51.0 Å². The van der Waals surface area contributed by atoms with Gasteiger partial charge in [0.15, 0.2) is 0 Å². The van der Waals surface area contributed by atoms with Crippen molar-refractivity contribution < 1.29 is 8.42 Å². The first-order valence-corrected chi connectivity index (χ1v) is 8.73. The molecule has 1 unspecified atom stereocenters. The minimum absolute atomic E-state index is 0.0260. The largest absolute Gasteiger partial charge is 0.398 e. The summed E-state index contributed by atoms with van der Waals surface area (Å²) >= 11 is 6.05. The normalized spacial score (nSPS) is 13.7. The quantitative estimate of drug-likeness (QED) is 0.782. The van der Waals surface area contributed by atoms with Crippen LogP contribution in [0.3, 0.4) is 0 Å². The molecule has 0 saturated carbocycles. The molecule has 1 atom stereocenters. The molecule has 0 heterocycles. The molecule has 0 saturated heterocycles. The molecule has 0 spiro atoms. The Morgan fingerprint density at radius 2 is 2.00 bits per heavy atom. The van der Waals surface area contributed by atoms with Gasteiger partial charge in [-0.25, -0.2) is 8.42 Å². The van der Waals surface area contributed by atoms with Crippen LogP contribution in [0.5, 0.6) is 0 Å². The molecule has 0 fully saturated rings. The van der Waals surface area contributed by atoms with E-state index in [-0.39, 0.29) is 21.6 Å². The molecule has 114 valence electrons. The molecule has 0 aliphatic heterocycles. The van der Waals surface area contributed by atoms with Crippen molar-refractivity contribution in [2.75, 3.05) is 12.3 Å². The lowest BCUT2D eigenvalue weighted by atomic mass is 10.2. The molecule has 0 amide bonds. The van der Waals surface area contributed by atoms with Crippen molar-refractivity contribution >= 4 is 27.3 Å². The van der Waals surface area contributed by atoms with E-state index in [1.54, 1.807) is 18.2 Å². The third-order valence-electron chi connectivity index (χ3n) is 3.38. The number of rotatable bonds is 7. The summed E-state index contributed by atoms with van der Waals surface area (Å²) < 4.78 is 27.2. The summed E-state index contributed by atoms with van der Waals surface area (Å²) in [6, 6.07) is 4.69. The Hall–Kier alpha value is -0.780. The van der Waals surface area contributed by atoms with Crippen LogP contribution in [0.15, 0.2) is 23.1 Å². The van der Waals surface area contributed by atoms with Gasteiger partial charge < -0.3 is 5.73 Å². The van der Waals surface area contributed by atoms with Crippen molar-refractivity contribution in [3.63, 3.8) is 0 Å². The number of anilines is 1. The summed E-state index contributed by atoms with van der Waals surface area (Å²) in [6.07, 6.45) is 2.49. The maximum Gasteiger partial charge on any atom is 0.246 e. The lowest BCUT2D eigenvalue weighted by Gasteiger charge is -2.28. The first-order chi connectivity index (χ1) is 9.36. The summed E-state index contributed by atoms with van der Waals surface area (Å²) in [4.78, 5) is 0.0260. The minimum Gasteiger partial charge on any atom is -0.398 e. The molecule has 0 aromatic heterocycles. The number of nitrogen functional groups attached to an aromatic ring is 1. The topological polar surface area (TPSA) is 63.4 Å². The Bertz CT molecular complexity index is 526. The second-order valence-electron chi connectivity index (χ2n) is 4.88. The van der Waals surface area contributed by atoms with E-state index in [0.717, 1.165) is 19.3 Å². The first-order valence-electron chi connectivity index (χ1n) is 6.92. The van der Waals surface area contributed by atoms with E-state index < -0.39 is 10.0 Å². The lowest BCUT2D eigenvalue weighted by Crippen LogP contribution is -2.39. The van der Waals surface area contributed by atoms with Gasteiger partial charge >= 0.3 is 0 Å². The third kappa shape index (κ3) is 3.65. The Morgan fingerprint density at radius 3 is 2.50 bits per heavy atom. The monoisotopic (exact) mass is 318 g/mol. The van der Waals surface area contributed by atoms with Crippen LogP contribution in [-0.4, -0.2) is 25.3 Å². The fraction of sp³-hybridized carbons (Fsp3) is 0.571. The van der Waals surface area contributed by atoms with Crippen molar-refractivity contribution in [1.82, 2.24) is 4.31 Å². The van der Waals surface area contributed by atoms with E-state index in [0.29, 0.717) is 6.54 Å². The molecule has 20 heavy (non-hydrogen) atoms.